The van der Waals surface area contributed by atoms with E-state index in [-0.39, 0.29) is 5.91 Å². The number of imidazole rings is 1. The fourth-order valence-corrected chi connectivity index (χ4v) is 4.19. The Balaban J connectivity index is 1.48. The Morgan fingerprint density at radius 1 is 1.24 bits per heavy atom. The van der Waals surface area contributed by atoms with Gasteiger partial charge in [-0.3, -0.25) is 9.69 Å². The van der Waals surface area contributed by atoms with Gasteiger partial charge in [0.05, 0.1) is 24.5 Å². The molecule has 1 aliphatic heterocycles. The maximum atomic E-state index is 12.7. The standard InChI is InChI=1S/C21H23BrN6O/c1-26-6-7-28(20(29)13-26)18-8-15(14-2-3-14)11-27-12-17(25-21(18)27)10-24-16-4-5-23-19(22)9-16/h4-5,8-9,11-12,14H,2-3,6-7,10,13H2,1H3,(H,23,24). The van der Waals surface area contributed by atoms with Crippen molar-refractivity contribution in [2.45, 2.75) is 25.3 Å². The second-order valence-electron chi connectivity index (χ2n) is 7.90. The zero-order chi connectivity index (χ0) is 20.0. The third-order valence-corrected chi connectivity index (χ3v) is 5.99. The molecule has 0 unspecified atom stereocenters. The number of carbonyl (C=O) groups excluding carboxylic acids is 1. The van der Waals surface area contributed by atoms with E-state index in [9.17, 15) is 4.79 Å². The first-order valence-electron chi connectivity index (χ1n) is 9.93. The highest BCUT2D eigenvalue weighted by Gasteiger charge is 2.29. The van der Waals surface area contributed by atoms with Gasteiger partial charge in [-0.1, -0.05) is 0 Å². The third-order valence-electron chi connectivity index (χ3n) is 5.55. The van der Waals surface area contributed by atoms with Gasteiger partial charge in [-0.05, 0) is 65.5 Å². The highest BCUT2D eigenvalue weighted by Crippen LogP contribution is 2.42. The summed E-state index contributed by atoms with van der Waals surface area (Å²) in [6.45, 7) is 2.63. The molecule has 2 fully saturated rings. The Hall–Kier alpha value is -2.45. The summed E-state index contributed by atoms with van der Waals surface area (Å²) in [7, 11) is 1.99. The zero-order valence-electron chi connectivity index (χ0n) is 16.3. The predicted octanol–water partition coefficient (Wildman–Crippen LogP) is 3.26. The molecular weight excluding hydrogens is 432 g/mol. The van der Waals surface area contributed by atoms with Gasteiger partial charge in [0, 0.05) is 37.4 Å². The molecule has 1 saturated carbocycles. The number of nitrogens with one attached hydrogen (secondary N) is 1. The van der Waals surface area contributed by atoms with Crippen LogP contribution in [0.3, 0.4) is 0 Å². The number of carbonyl (C=O) groups is 1. The lowest BCUT2D eigenvalue weighted by atomic mass is 10.1. The summed E-state index contributed by atoms with van der Waals surface area (Å²) in [6, 6.07) is 6.05. The van der Waals surface area contributed by atoms with E-state index in [0.29, 0.717) is 25.6 Å². The summed E-state index contributed by atoms with van der Waals surface area (Å²) in [4.78, 5) is 25.7. The van der Waals surface area contributed by atoms with Crippen LogP contribution in [0.15, 0.2) is 41.4 Å². The predicted molar refractivity (Wildman–Crippen MR) is 116 cm³/mol. The highest BCUT2D eigenvalue weighted by atomic mass is 79.9. The third kappa shape index (κ3) is 3.86. The molecule has 1 amide bonds. The molecule has 0 bridgehead atoms. The minimum absolute atomic E-state index is 0.137. The molecule has 1 N–H and O–H groups in total. The van der Waals surface area contributed by atoms with Crippen molar-refractivity contribution < 1.29 is 4.79 Å². The highest BCUT2D eigenvalue weighted by molar-refractivity contribution is 9.10. The van der Waals surface area contributed by atoms with Crippen LogP contribution in [0.4, 0.5) is 11.4 Å². The van der Waals surface area contributed by atoms with Gasteiger partial charge in [-0.25, -0.2) is 9.97 Å². The van der Waals surface area contributed by atoms with Crippen LogP contribution in [-0.2, 0) is 11.3 Å². The summed E-state index contributed by atoms with van der Waals surface area (Å²) in [5.74, 6) is 0.747. The lowest BCUT2D eigenvalue weighted by Crippen LogP contribution is -2.49. The number of nitrogens with zero attached hydrogens (tertiary/aromatic N) is 5. The maximum Gasteiger partial charge on any atom is 0.241 e. The minimum atomic E-state index is 0.137. The van der Waals surface area contributed by atoms with E-state index in [1.54, 1.807) is 6.20 Å². The Morgan fingerprint density at radius 2 is 2.10 bits per heavy atom. The molecule has 0 spiro atoms. The fraction of sp³-hybridized carbons (Fsp3) is 0.381. The molecule has 3 aromatic heterocycles. The number of halogens is 1. The number of anilines is 2. The summed E-state index contributed by atoms with van der Waals surface area (Å²) in [5, 5.41) is 3.39. The number of piperazine rings is 1. The molecule has 1 aliphatic carbocycles. The first-order chi connectivity index (χ1) is 14.1. The fourth-order valence-electron chi connectivity index (χ4n) is 3.83. The van der Waals surface area contributed by atoms with Gasteiger partial charge in [0.1, 0.15) is 4.60 Å². The molecule has 0 aromatic carbocycles. The van der Waals surface area contributed by atoms with Crippen molar-refractivity contribution in [1.82, 2.24) is 19.3 Å². The smallest absolute Gasteiger partial charge is 0.241 e. The van der Waals surface area contributed by atoms with Crippen molar-refractivity contribution in [1.29, 1.82) is 0 Å². The molecule has 4 heterocycles. The average Bonchev–Trinajstić information content (AvgIpc) is 3.46. The molecular formula is C21H23BrN6O. The van der Waals surface area contributed by atoms with E-state index in [4.69, 9.17) is 4.98 Å². The monoisotopic (exact) mass is 454 g/mol. The van der Waals surface area contributed by atoms with E-state index >= 15 is 0 Å². The van der Waals surface area contributed by atoms with Crippen LogP contribution in [0.1, 0.15) is 30.0 Å². The number of fused-ring (bicyclic) bond motifs is 1. The van der Waals surface area contributed by atoms with Crippen molar-refractivity contribution in [2.75, 3.05) is 36.9 Å². The van der Waals surface area contributed by atoms with Crippen LogP contribution in [0.25, 0.3) is 5.65 Å². The Morgan fingerprint density at radius 3 is 2.86 bits per heavy atom. The van der Waals surface area contributed by atoms with Gasteiger partial charge < -0.3 is 14.6 Å². The molecule has 3 aromatic rings. The number of hydrogen-bond acceptors (Lipinski definition) is 5. The molecule has 1 saturated heterocycles. The summed E-state index contributed by atoms with van der Waals surface area (Å²) >= 11 is 3.40. The van der Waals surface area contributed by atoms with Gasteiger partial charge in [0.2, 0.25) is 5.91 Å². The van der Waals surface area contributed by atoms with Crippen LogP contribution < -0.4 is 10.2 Å². The topological polar surface area (TPSA) is 65.8 Å². The maximum absolute atomic E-state index is 12.7. The van der Waals surface area contributed by atoms with Crippen LogP contribution in [0.5, 0.6) is 0 Å². The Labute approximate surface area is 177 Å². The van der Waals surface area contributed by atoms with E-state index in [0.717, 1.165) is 33.9 Å². The Kier molecular flexibility index (Phi) is 4.75. The van der Waals surface area contributed by atoms with E-state index in [1.165, 1.54) is 18.4 Å². The minimum Gasteiger partial charge on any atom is -0.379 e. The summed E-state index contributed by atoms with van der Waals surface area (Å²) in [6.07, 6.45) is 8.45. The molecule has 29 heavy (non-hydrogen) atoms. The molecule has 8 heteroatoms. The van der Waals surface area contributed by atoms with Gasteiger partial charge in [0.25, 0.3) is 0 Å². The quantitative estimate of drug-likeness (QED) is 0.599. The van der Waals surface area contributed by atoms with Crippen molar-refractivity contribution >= 4 is 38.9 Å². The van der Waals surface area contributed by atoms with Crippen molar-refractivity contribution in [3.63, 3.8) is 0 Å². The number of amides is 1. The van der Waals surface area contributed by atoms with E-state index in [1.807, 2.05) is 24.1 Å². The molecule has 0 radical (unpaired) electrons. The molecule has 150 valence electrons. The SMILES string of the molecule is CN1CCN(c2cc(C3CC3)cn3cc(CNc4ccnc(Br)c4)nc23)C(=O)C1. The number of hydrogen-bond donors (Lipinski definition) is 1. The normalized spacial score (nSPS) is 17.9. The van der Waals surface area contributed by atoms with E-state index < -0.39 is 0 Å². The molecule has 7 nitrogen and oxygen atoms in total. The second kappa shape index (κ2) is 7.42. The van der Waals surface area contributed by atoms with Crippen LogP contribution in [0, 0.1) is 0 Å². The largest absolute Gasteiger partial charge is 0.379 e. The van der Waals surface area contributed by atoms with Gasteiger partial charge in [-0.15, -0.1) is 0 Å². The first-order valence-corrected chi connectivity index (χ1v) is 10.7. The van der Waals surface area contributed by atoms with Crippen LogP contribution >= 0.6 is 15.9 Å². The number of aromatic nitrogens is 3. The van der Waals surface area contributed by atoms with Gasteiger partial charge >= 0.3 is 0 Å². The van der Waals surface area contributed by atoms with Crippen molar-refractivity contribution in [2.24, 2.45) is 0 Å². The first kappa shape index (κ1) is 18.6. The van der Waals surface area contributed by atoms with Crippen molar-refractivity contribution in [3.8, 4) is 0 Å². The molecule has 0 atom stereocenters. The number of rotatable bonds is 5. The summed E-state index contributed by atoms with van der Waals surface area (Å²) < 4.78 is 2.89. The van der Waals surface area contributed by atoms with E-state index in [2.05, 4.69) is 54.0 Å². The molecule has 2 aliphatic rings. The lowest BCUT2D eigenvalue weighted by molar-refractivity contribution is -0.120. The van der Waals surface area contributed by atoms with Gasteiger partial charge in [0.15, 0.2) is 5.65 Å². The number of likely N-dealkylation sites (N-methyl/N-ethyl adjacent to an activating group) is 1. The van der Waals surface area contributed by atoms with Gasteiger partial charge in [-0.2, -0.15) is 0 Å². The average molecular weight is 455 g/mol. The second-order valence-corrected chi connectivity index (χ2v) is 8.71. The zero-order valence-corrected chi connectivity index (χ0v) is 17.9. The van der Waals surface area contributed by atoms with Crippen molar-refractivity contribution in [3.05, 3.63) is 52.7 Å². The summed E-state index contributed by atoms with van der Waals surface area (Å²) in [5.41, 5.74) is 5.00. The Bertz CT molecular complexity index is 1080. The lowest BCUT2D eigenvalue weighted by Gasteiger charge is -2.32. The number of pyridine rings is 2. The van der Waals surface area contributed by atoms with Crippen LogP contribution in [-0.4, -0.2) is 51.9 Å². The molecule has 5 rings (SSSR count). The van der Waals surface area contributed by atoms with Crippen LogP contribution in [0.2, 0.25) is 0 Å².